The number of rotatable bonds is 10. The van der Waals surface area contributed by atoms with Gasteiger partial charge in [0.15, 0.2) is 18.1 Å². The minimum Gasteiger partial charge on any atom is -0.494 e. The van der Waals surface area contributed by atoms with E-state index in [1.165, 1.54) is 13.3 Å². The van der Waals surface area contributed by atoms with Crippen molar-refractivity contribution in [1.29, 1.82) is 0 Å². The molecule has 3 aromatic rings. The number of hydrogen-bond donors (Lipinski definition) is 3. The smallest absolute Gasteiger partial charge is 0.329 e. The quantitative estimate of drug-likeness (QED) is 0.220. The highest BCUT2D eigenvalue weighted by atomic mass is 16.5. The fourth-order valence-electron chi connectivity index (χ4n) is 3.12. The summed E-state index contributed by atoms with van der Waals surface area (Å²) in [5.41, 5.74) is 4.70. The summed E-state index contributed by atoms with van der Waals surface area (Å²) in [6.45, 7) is 4.05. The lowest BCUT2D eigenvalue weighted by molar-refractivity contribution is -0.136. The molecule has 0 unspecified atom stereocenters. The first-order valence-corrected chi connectivity index (χ1v) is 11.4. The topological polar surface area (TPSA) is 127 Å². The average molecular weight is 505 g/mol. The molecule has 0 aliphatic carbocycles. The molecule has 0 aliphatic rings. The minimum atomic E-state index is -0.947. The highest BCUT2D eigenvalue weighted by molar-refractivity contribution is 6.39. The summed E-state index contributed by atoms with van der Waals surface area (Å²) < 4.78 is 16.4. The van der Waals surface area contributed by atoms with Crippen LogP contribution in [0.3, 0.4) is 0 Å². The van der Waals surface area contributed by atoms with Crippen molar-refractivity contribution in [1.82, 2.24) is 5.43 Å². The molecule has 3 rings (SSSR count). The zero-order valence-corrected chi connectivity index (χ0v) is 20.7. The molecule has 0 aromatic heterocycles. The highest BCUT2D eigenvalue weighted by Gasteiger charge is 2.14. The van der Waals surface area contributed by atoms with E-state index < -0.39 is 11.8 Å². The molecule has 3 aromatic carbocycles. The Morgan fingerprint density at radius 2 is 1.54 bits per heavy atom. The number of nitrogens with one attached hydrogen (secondary N) is 3. The van der Waals surface area contributed by atoms with Crippen LogP contribution in [0.5, 0.6) is 17.2 Å². The van der Waals surface area contributed by atoms with Crippen molar-refractivity contribution < 1.29 is 28.6 Å². The predicted octanol–water partition coefficient (Wildman–Crippen LogP) is 3.51. The molecule has 10 nitrogen and oxygen atoms in total. The van der Waals surface area contributed by atoms with Gasteiger partial charge in [0.2, 0.25) is 0 Å². The standard InChI is InChI=1S/C27H28N4O6/c1-4-36-22-14-12-20(13-15-22)29-24(32)17-37-25-19(6-5-7-23(25)35-3)16-28-31-27(34)26(33)30-21-10-8-18(2)9-11-21/h5-16H,4,17H2,1-3H3,(H,29,32)(H,30,33)(H,31,34)/b28-16-. The number of aryl methyl sites for hydroxylation is 1. The van der Waals surface area contributed by atoms with Gasteiger partial charge in [-0.15, -0.1) is 0 Å². The summed E-state index contributed by atoms with van der Waals surface area (Å²) in [6.07, 6.45) is 1.29. The SMILES string of the molecule is CCOc1ccc(NC(=O)COc2c(/C=N\NC(=O)C(=O)Nc3ccc(C)cc3)cccc2OC)cc1. The van der Waals surface area contributed by atoms with Gasteiger partial charge in [0.1, 0.15) is 5.75 Å². The van der Waals surface area contributed by atoms with Gasteiger partial charge >= 0.3 is 11.8 Å². The number of amides is 3. The van der Waals surface area contributed by atoms with Crippen LogP contribution >= 0.6 is 0 Å². The maximum absolute atomic E-state index is 12.4. The van der Waals surface area contributed by atoms with Crippen LogP contribution in [0, 0.1) is 6.92 Å². The van der Waals surface area contributed by atoms with E-state index in [1.807, 2.05) is 26.0 Å². The van der Waals surface area contributed by atoms with Gasteiger partial charge in [-0.05, 0) is 62.4 Å². The first-order chi connectivity index (χ1) is 17.9. The molecule has 3 amide bonds. The molecule has 192 valence electrons. The second-order valence-electron chi connectivity index (χ2n) is 7.69. The Hall–Kier alpha value is -4.86. The summed E-state index contributed by atoms with van der Waals surface area (Å²) in [5, 5.41) is 9.06. The van der Waals surface area contributed by atoms with Gasteiger partial charge in [-0.3, -0.25) is 14.4 Å². The van der Waals surface area contributed by atoms with Gasteiger partial charge < -0.3 is 24.8 Å². The normalized spacial score (nSPS) is 10.5. The van der Waals surface area contributed by atoms with Gasteiger partial charge in [-0.1, -0.05) is 23.8 Å². The van der Waals surface area contributed by atoms with E-state index in [4.69, 9.17) is 14.2 Å². The van der Waals surface area contributed by atoms with E-state index in [2.05, 4.69) is 21.2 Å². The predicted molar refractivity (Wildman–Crippen MR) is 140 cm³/mol. The third-order valence-electron chi connectivity index (χ3n) is 4.91. The van der Waals surface area contributed by atoms with Crippen molar-refractivity contribution in [3.8, 4) is 17.2 Å². The van der Waals surface area contributed by atoms with Crippen molar-refractivity contribution in [2.24, 2.45) is 5.10 Å². The molecule has 0 saturated carbocycles. The Morgan fingerprint density at radius 1 is 0.865 bits per heavy atom. The second-order valence-corrected chi connectivity index (χ2v) is 7.69. The van der Waals surface area contributed by atoms with Crippen molar-refractivity contribution in [3.05, 3.63) is 77.9 Å². The summed E-state index contributed by atoms with van der Waals surface area (Å²) in [6, 6.07) is 19.0. The van der Waals surface area contributed by atoms with Gasteiger partial charge in [-0.25, -0.2) is 5.43 Å². The number of carbonyl (C=O) groups is 3. The monoisotopic (exact) mass is 504 g/mol. The fourth-order valence-corrected chi connectivity index (χ4v) is 3.12. The van der Waals surface area contributed by atoms with Crippen LogP contribution in [0.4, 0.5) is 11.4 Å². The van der Waals surface area contributed by atoms with E-state index >= 15 is 0 Å². The molecule has 0 saturated heterocycles. The second kappa shape index (κ2) is 13.3. The number of benzene rings is 3. The summed E-state index contributed by atoms with van der Waals surface area (Å²) in [5.74, 6) is -0.894. The van der Waals surface area contributed by atoms with Crippen LogP contribution in [-0.4, -0.2) is 44.3 Å². The van der Waals surface area contributed by atoms with Crippen molar-refractivity contribution in [2.75, 3.05) is 31.0 Å². The highest BCUT2D eigenvalue weighted by Crippen LogP contribution is 2.30. The number of anilines is 2. The molecule has 0 aliphatic heterocycles. The van der Waals surface area contributed by atoms with E-state index in [0.717, 1.165) is 5.56 Å². The average Bonchev–Trinajstić information content (AvgIpc) is 2.90. The summed E-state index contributed by atoms with van der Waals surface area (Å²) in [7, 11) is 1.46. The largest absolute Gasteiger partial charge is 0.494 e. The lowest BCUT2D eigenvalue weighted by Crippen LogP contribution is -2.32. The lowest BCUT2D eigenvalue weighted by atomic mass is 10.2. The molecular formula is C27H28N4O6. The van der Waals surface area contributed by atoms with Gasteiger partial charge in [0, 0.05) is 16.9 Å². The van der Waals surface area contributed by atoms with Gasteiger partial charge in [0.05, 0.1) is 19.9 Å². The fraction of sp³-hybridized carbons (Fsp3) is 0.185. The van der Waals surface area contributed by atoms with Gasteiger partial charge in [0.25, 0.3) is 5.91 Å². The maximum Gasteiger partial charge on any atom is 0.329 e. The van der Waals surface area contributed by atoms with E-state index in [0.29, 0.717) is 35.0 Å². The van der Waals surface area contributed by atoms with Crippen LogP contribution in [0.15, 0.2) is 71.8 Å². The molecule has 37 heavy (non-hydrogen) atoms. The number of nitrogens with zero attached hydrogens (tertiary/aromatic N) is 1. The third-order valence-corrected chi connectivity index (χ3v) is 4.91. The molecule has 0 radical (unpaired) electrons. The molecular weight excluding hydrogens is 476 g/mol. The molecule has 0 atom stereocenters. The van der Waals surface area contributed by atoms with Crippen LogP contribution in [0.2, 0.25) is 0 Å². The zero-order valence-electron chi connectivity index (χ0n) is 20.7. The zero-order chi connectivity index (χ0) is 26.6. The molecule has 10 heteroatoms. The van der Waals surface area contributed by atoms with Crippen molar-refractivity contribution >= 4 is 35.3 Å². The molecule has 0 fully saturated rings. The molecule has 0 spiro atoms. The van der Waals surface area contributed by atoms with E-state index in [1.54, 1.807) is 54.6 Å². The van der Waals surface area contributed by atoms with Gasteiger partial charge in [-0.2, -0.15) is 5.10 Å². The number of para-hydroxylation sites is 1. The number of hydrazone groups is 1. The maximum atomic E-state index is 12.4. The Bertz CT molecular complexity index is 1260. The Kier molecular flexibility index (Phi) is 9.60. The number of ether oxygens (including phenoxy) is 3. The summed E-state index contributed by atoms with van der Waals surface area (Å²) >= 11 is 0. The van der Waals surface area contributed by atoms with E-state index in [9.17, 15) is 14.4 Å². The molecule has 3 N–H and O–H groups in total. The van der Waals surface area contributed by atoms with Crippen LogP contribution in [-0.2, 0) is 14.4 Å². The van der Waals surface area contributed by atoms with Crippen molar-refractivity contribution in [3.63, 3.8) is 0 Å². The third kappa shape index (κ3) is 8.10. The Morgan fingerprint density at radius 3 is 2.22 bits per heavy atom. The number of carbonyl (C=O) groups excluding carboxylic acids is 3. The number of methoxy groups -OCH3 is 1. The first-order valence-electron chi connectivity index (χ1n) is 11.4. The van der Waals surface area contributed by atoms with Crippen LogP contribution in [0.1, 0.15) is 18.1 Å². The first kappa shape index (κ1) is 26.7. The van der Waals surface area contributed by atoms with E-state index in [-0.39, 0.29) is 18.3 Å². The van der Waals surface area contributed by atoms with Crippen LogP contribution in [0.25, 0.3) is 0 Å². The van der Waals surface area contributed by atoms with Crippen molar-refractivity contribution in [2.45, 2.75) is 13.8 Å². The Labute approximate surface area is 214 Å². The minimum absolute atomic E-state index is 0.244. The van der Waals surface area contributed by atoms with Crippen LogP contribution < -0.4 is 30.3 Å². The molecule has 0 heterocycles. The molecule has 0 bridgehead atoms. The Balaban J connectivity index is 1.59. The number of hydrogen-bond acceptors (Lipinski definition) is 7. The lowest BCUT2D eigenvalue weighted by Gasteiger charge is -2.13. The summed E-state index contributed by atoms with van der Waals surface area (Å²) in [4.78, 5) is 36.6.